The highest BCUT2D eigenvalue weighted by Crippen LogP contribution is 2.40. The van der Waals surface area contributed by atoms with Crippen LogP contribution in [0.3, 0.4) is 0 Å². The van der Waals surface area contributed by atoms with Crippen LogP contribution < -0.4 is 0 Å². The average Bonchev–Trinajstić information content (AvgIpc) is 2.80. The van der Waals surface area contributed by atoms with E-state index in [-0.39, 0.29) is 0 Å². The zero-order chi connectivity index (χ0) is 11.7. The van der Waals surface area contributed by atoms with E-state index >= 15 is 0 Å². The Bertz CT molecular complexity index is 494. The van der Waals surface area contributed by atoms with E-state index in [4.69, 9.17) is 0 Å². The molecule has 0 bridgehead atoms. The van der Waals surface area contributed by atoms with Gasteiger partial charge in [0, 0.05) is 0 Å². The second-order valence-electron chi connectivity index (χ2n) is 4.49. The van der Waals surface area contributed by atoms with Gasteiger partial charge in [-0.3, -0.25) is 0 Å². The van der Waals surface area contributed by atoms with Crippen molar-refractivity contribution in [2.24, 2.45) is 0 Å². The lowest BCUT2D eigenvalue weighted by molar-refractivity contribution is 0.213. The van der Waals surface area contributed by atoms with Gasteiger partial charge in [0.1, 0.15) is 11.8 Å². The molecule has 0 radical (unpaired) electrons. The SMILES string of the molecule is OC(c1cnsn1)c1ccccc1C1CCC1. The third kappa shape index (κ3) is 1.98. The van der Waals surface area contributed by atoms with Crippen molar-refractivity contribution in [2.45, 2.75) is 31.3 Å². The van der Waals surface area contributed by atoms with Crippen molar-refractivity contribution < 1.29 is 5.11 Å². The molecule has 17 heavy (non-hydrogen) atoms. The molecule has 0 amide bonds. The molecule has 88 valence electrons. The van der Waals surface area contributed by atoms with Crippen LogP contribution in [-0.4, -0.2) is 13.9 Å². The number of hydrogen-bond donors (Lipinski definition) is 1. The van der Waals surface area contributed by atoms with Crippen molar-refractivity contribution in [2.75, 3.05) is 0 Å². The average molecular weight is 246 g/mol. The van der Waals surface area contributed by atoms with E-state index in [1.54, 1.807) is 6.20 Å². The van der Waals surface area contributed by atoms with Crippen LogP contribution in [-0.2, 0) is 0 Å². The summed E-state index contributed by atoms with van der Waals surface area (Å²) < 4.78 is 8.07. The lowest BCUT2D eigenvalue weighted by Crippen LogP contribution is -2.13. The predicted octanol–water partition coefficient (Wildman–Crippen LogP) is 2.89. The fourth-order valence-corrected chi connectivity index (χ4v) is 2.75. The number of aromatic nitrogens is 2. The van der Waals surface area contributed by atoms with Gasteiger partial charge >= 0.3 is 0 Å². The minimum atomic E-state index is -0.634. The van der Waals surface area contributed by atoms with Crippen molar-refractivity contribution in [3.63, 3.8) is 0 Å². The molecule has 1 heterocycles. The summed E-state index contributed by atoms with van der Waals surface area (Å²) in [6, 6.07) is 8.14. The van der Waals surface area contributed by atoms with E-state index in [1.807, 2.05) is 18.2 Å². The van der Waals surface area contributed by atoms with Gasteiger partial charge in [-0.1, -0.05) is 30.7 Å². The number of nitrogens with zero attached hydrogens (tertiary/aromatic N) is 2. The van der Waals surface area contributed by atoms with Crippen molar-refractivity contribution in [1.82, 2.24) is 8.75 Å². The van der Waals surface area contributed by atoms with Gasteiger partial charge in [-0.05, 0) is 29.9 Å². The van der Waals surface area contributed by atoms with Crippen LogP contribution in [0.5, 0.6) is 0 Å². The van der Waals surface area contributed by atoms with Gasteiger partial charge in [0.15, 0.2) is 0 Å². The molecular formula is C13H14N2OS. The summed E-state index contributed by atoms with van der Waals surface area (Å²) in [5.41, 5.74) is 2.92. The summed E-state index contributed by atoms with van der Waals surface area (Å²) in [5, 5.41) is 10.3. The number of benzene rings is 1. The second kappa shape index (κ2) is 4.55. The van der Waals surface area contributed by atoms with Gasteiger partial charge in [0.25, 0.3) is 0 Å². The molecule has 1 aromatic heterocycles. The summed E-state index contributed by atoms with van der Waals surface area (Å²) in [5.74, 6) is 0.618. The summed E-state index contributed by atoms with van der Waals surface area (Å²) >= 11 is 1.14. The number of hydrogen-bond acceptors (Lipinski definition) is 4. The Labute approximate surface area is 104 Å². The first-order valence-electron chi connectivity index (χ1n) is 5.90. The van der Waals surface area contributed by atoms with E-state index in [0.29, 0.717) is 11.6 Å². The van der Waals surface area contributed by atoms with E-state index < -0.39 is 6.10 Å². The Morgan fingerprint density at radius 2 is 2.12 bits per heavy atom. The molecule has 1 aliphatic carbocycles. The Balaban J connectivity index is 1.96. The molecule has 1 aliphatic rings. The molecule has 0 aliphatic heterocycles. The van der Waals surface area contributed by atoms with Crippen LogP contribution in [0.15, 0.2) is 30.5 Å². The first-order chi connectivity index (χ1) is 8.36. The molecule has 1 N–H and O–H groups in total. The third-order valence-corrected chi connectivity index (χ3v) is 3.99. The third-order valence-electron chi connectivity index (χ3n) is 3.49. The molecule has 0 spiro atoms. The lowest BCUT2D eigenvalue weighted by atomic mass is 9.77. The molecule has 1 saturated carbocycles. The molecule has 1 unspecified atom stereocenters. The summed E-state index contributed by atoms with van der Waals surface area (Å²) in [6.45, 7) is 0. The Kier molecular flexibility index (Phi) is 2.91. The highest BCUT2D eigenvalue weighted by Gasteiger charge is 2.25. The van der Waals surface area contributed by atoms with Crippen molar-refractivity contribution in [3.8, 4) is 0 Å². The fourth-order valence-electron chi connectivity index (χ4n) is 2.30. The maximum Gasteiger partial charge on any atom is 0.124 e. The molecule has 4 heteroatoms. The van der Waals surface area contributed by atoms with Gasteiger partial charge in [-0.15, -0.1) is 0 Å². The first kappa shape index (κ1) is 10.9. The topological polar surface area (TPSA) is 46.0 Å². The van der Waals surface area contributed by atoms with Gasteiger partial charge in [-0.25, -0.2) is 0 Å². The van der Waals surface area contributed by atoms with E-state index in [1.165, 1.54) is 24.8 Å². The van der Waals surface area contributed by atoms with Crippen LogP contribution in [0.1, 0.15) is 48.1 Å². The van der Waals surface area contributed by atoms with Crippen LogP contribution >= 0.6 is 11.7 Å². The van der Waals surface area contributed by atoms with Gasteiger partial charge in [0.2, 0.25) is 0 Å². The first-order valence-corrected chi connectivity index (χ1v) is 6.63. The zero-order valence-corrected chi connectivity index (χ0v) is 10.2. The normalized spacial score (nSPS) is 17.7. The summed E-state index contributed by atoms with van der Waals surface area (Å²) in [7, 11) is 0. The maximum absolute atomic E-state index is 10.3. The monoisotopic (exact) mass is 246 g/mol. The molecule has 0 saturated heterocycles. The lowest BCUT2D eigenvalue weighted by Gasteiger charge is -2.28. The maximum atomic E-state index is 10.3. The summed E-state index contributed by atoms with van der Waals surface area (Å²) in [6.07, 6.45) is 4.78. The summed E-state index contributed by atoms with van der Waals surface area (Å²) in [4.78, 5) is 0. The number of aliphatic hydroxyl groups excluding tert-OH is 1. The Morgan fingerprint density at radius 1 is 1.29 bits per heavy atom. The number of rotatable bonds is 3. The Hall–Kier alpha value is -1.26. The van der Waals surface area contributed by atoms with Gasteiger partial charge in [-0.2, -0.15) is 8.75 Å². The van der Waals surface area contributed by atoms with E-state index in [9.17, 15) is 5.11 Å². The quantitative estimate of drug-likeness (QED) is 0.905. The smallest absolute Gasteiger partial charge is 0.124 e. The predicted molar refractivity (Wildman–Crippen MR) is 67.0 cm³/mol. The minimum absolute atomic E-state index is 0.618. The number of aliphatic hydroxyl groups is 1. The molecule has 1 aromatic carbocycles. The van der Waals surface area contributed by atoms with E-state index in [2.05, 4.69) is 14.8 Å². The molecule has 1 fully saturated rings. The molecular weight excluding hydrogens is 232 g/mol. The van der Waals surface area contributed by atoms with Crippen molar-refractivity contribution >= 4 is 11.7 Å². The van der Waals surface area contributed by atoms with E-state index in [0.717, 1.165) is 17.3 Å². The van der Waals surface area contributed by atoms with Crippen molar-refractivity contribution in [1.29, 1.82) is 0 Å². The van der Waals surface area contributed by atoms with Gasteiger partial charge < -0.3 is 5.11 Å². The Morgan fingerprint density at radius 3 is 2.76 bits per heavy atom. The van der Waals surface area contributed by atoms with Crippen molar-refractivity contribution in [3.05, 3.63) is 47.3 Å². The van der Waals surface area contributed by atoms with Crippen LogP contribution in [0.4, 0.5) is 0 Å². The molecule has 1 atom stereocenters. The highest BCUT2D eigenvalue weighted by molar-refractivity contribution is 6.99. The van der Waals surface area contributed by atoms with Gasteiger partial charge in [0.05, 0.1) is 17.9 Å². The zero-order valence-electron chi connectivity index (χ0n) is 9.41. The molecule has 3 rings (SSSR count). The van der Waals surface area contributed by atoms with Crippen LogP contribution in [0.2, 0.25) is 0 Å². The standard InChI is InChI=1S/C13H14N2OS/c16-13(12-8-14-17-15-12)11-7-2-1-6-10(11)9-4-3-5-9/h1-2,6-9,13,16H,3-5H2. The highest BCUT2D eigenvalue weighted by atomic mass is 32.1. The van der Waals surface area contributed by atoms with Crippen LogP contribution in [0.25, 0.3) is 0 Å². The largest absolute Gasteiger partial charge is 0.382 e. The second-order valence-corrected chi connectivity index (χ2v) is 5.05. The molecule has 3 nitrogen and oxygen atoms in total. The van der Waals surface area contributed by atoms with Crippen LogP contribution in [0, 0.1) is 0 Å². The minimum Gasteiger partial charge on any atom is -0.382 e. The fraction of sp³-hybridized carbons (Fsp3) is 0.385. The molecule has 2 aromatic rings.